The first-order chi connectivity index (χ1) is 7.51. The van der Waals surface area contributed by atoms with E-state index in [0.29, 0.717) is 12.5 Å². The minimum Gasteiger partial charge on any atom is -0.372 e. The molecule has 0 heterocycles. The Balaban J connectivity index is 2.04. The Morgan fingerprint density at radius 2 is 2.06 bits per heavy atom. The largest absolute Gasteiger partial charge is 0.411 e. The molecule has 1 atom stereocenters. The van der Waals surface area contributed by atoms with Crippen LogP contribution in [-0.4, -0.2) is 32.5 Å². The van der Waals surface area contributed by atoms with Crippen LogP contribution in [0.25, 0.3) is 0 Å². The Hall–Kier alpha value is -0.290. The molecule has 16 heavy (non-hydrogen) atoms. The average Bonchev–Trinajstić information content (AvgIpc) is 2.12. The number of ether oxygens (including phenoxy) is 1. The number of hydrogen-bond acceptors (Lipinski definition) is 2. The van der Waals surface area contributed by atoms with Crippen molar-refractivity contribution in [2.45, 2.75) is 44.3 Å². The molecule has 0 amide bonds. The molecule has 0 bridgehead atoms. The van der Waals surface area contributed by atoms with Gasteiger partial charge in [-0.2, -0.15) is 13.2 Å². The van der Waals surface area contributed by atoms with Gasteiger partial charge < -0.3 is 10.1 Å². The van der Waals surface area contributed by atoms with Gasteiger partial charge in [-0.15, -0.1) is 0 Å². The molecule has 1 aliphatic rings. The number of alkyl halides is 3. The molecule has 1 fully saturated rings. The number of rotatable bonds is 7. The van der Waals surface area contributed by atoms with Gasteiger partial charge in [0.05, 0.1) is 0 Å². The predicted molar refractivity (Wildman–Crippen MR) is 56.3 cm³/mol. The van der Waals surface area contributed by atoms with E-state index in [1.54, 1.807) is 0 Å². The van der Waals surface area contributed by atoms with Crippen molar-refractivity contribution < 1.29 is 17.9 Å². The van der Waals surface area contributed by atoms with E-state index in [9.17, 15) is 13.2 Å². The van der Waals surface area contributed by atoms with Crippen molar-refractivity contribution in [2.24, 2.45) is 5.92 Å². The molecule has 0 saturated heterocycles. The molecule has 1 aliphatic carbocycles. The third-order valence-corrected chi connectivity index (χ3v) is 3.13. The van der Waals surface area contributed by atoms with Crippen molar-refractivity contribution in [3.63, 3.8) is 0 Å². The van der Waals surface area contributed by atoms with Crippen molar-refractivity contribution in [3.8, 4) is 0 Å². The van der Waals surface area contributed by atoms with Gasteiger partial charge in [0.15, 0.2) is 0 Å². The maximum atomic E-state index is 11.8. The predicted octanol–water partition coefficient (Wildman–Crippen LogP) is 2.73. The summed E-state index contributed by atoms with van der Waals surface area (Å²) in [4.78, 5) is 0. The summed E-state index contributed by atoms with van der Waals surface area (Å²) in [5, 5.41) is 3.14. The molecule has 1 rings (SSSR count). The number of hydrogen-bond donors (Lipinski definition) is 1. The summed E-state index contributed by atoms with van der Waals surface area (Å²) in [6.45, 7) is -0.954. The lowest BCUT2D eigenvalue weighted by Gasteiger charge is -2.29. The monoisotopic (exact) mass is 239 g/mol. The van der Waals surface area contributed by atoms with Gasteiger partial charge in [-0.3, -0.25) is 0 Å². The Morgan fingerprint density at radius 3 is 2.50 bits per heavy atom. The van der Waals surface area contributed by atoms with Crippen LogP contribution in [0, 0.1) is 5.92 Å². The highest BCUT2D eigenvalue weighted by molar-refractivity contribution is 4.76. The Bertz CT molecular complexity index is 192. The molecule has 0 aliphatic heterocycles. The minimum absolute atomic E-state index is 0.178. The van der Waals surface area contributed by atoms with Crippen LogP contribution in [0.15, 0.2) is 0 Å². The summed E-state index contributed by atoms with van der Waals surface area (Å²) in [7, 11) is 1.85. The highest BCUT2D eigenvalue weighted by Crippen LogP contribution is 2.30. The van der Waals surface area contributed by atoms with E-state index in [1.165, 1.54) is 19.3 Å². The fourth-order valence-electron chi connectivity index (χ4n) is 1.92. The lowest BCUT2D eigenvalue weighted by Crippen LogP contribution is -2.31. The second-order valence-corrected chi connectivity index (χ2v) is 4.47. The van der Waals surface area contributed by atoms with Gasteiger partial charge in [0.2, 0.25) is 0 Å². The molecular weight excluding hydrogens is 219 g/mol. The van der Waals surface area contributed by atoms with Gasteiger partial charge in [0.1, 0.15) is 6.61 Å². The molecule has 0 aromatic heterocycles. The molecule has 0 radical (unpaired) electrons. The zero-order valence-corrected chi connectivity index (χ0v) is 9.65. The molecular formula is C11H20F3NO. The van der Waals surface area contributed by atoms with Gasteiger partial charge in [0.25, 0.3) is 0 Å². The van der Waals surface area contributed by atoms with E-state index >= 15 is 0 Å². The topological polar surface area (TPSA) is 21.3 Å². The molecule has 1 N–H and O–H groups in total. The maximum Gasteiger partial charge on any atom is 0.411 e. The molecule has 1 saturated carbocycles. The summed E-state index contributed by atoms with van der Waals surface area (Å²) < 4.78 is 40.0. The maximum absolute atomic E-state index is 11.8. The van der Waals surface area contributed by atoms with E-state index in [-0.39, 0.29) is 6.61 Å². The van der Waals surface area contributed by atoms with E-state index in [1.807, 2.05) is 7.05 Å². The summed E-state index contributed by atoms with van der Waals surface area (Å²) in [6.07, 6.45) is 1.34. The first-order valence-electron chi connectivity index (χ1n) is 5.83. The summed E-state index contributed by atoms with van der Waals surface area (Å²) in [5.74, 6) is 0.764. The van der Waals surface area contributed by atoms with Crippen LogP contribution < -0.4 is 5.32 Å². The lowest BCUT2D eigenvalue weighted by molar-refractivity contribution is -0.174. The van der Waals surface area contributed by atoms with Gasteiger partial charge >= 0.3 is 6.18 Å². The van der Waals surface area contributed by atoms with Crippen LogP contribution in [0.4, 0.5) is 13.2 Å². The molecule has 2 nitrogen and oxygen atoms in total. The molecule has 5 heteroatoms. The summed E-state index contributed by atoms with van der Waals surface area (Å²) in [5.41, 5.74) is 0. The summed E-state index contributed by atoms with van der Waals surface area (Å²) >= 11 is 0. The third-order valence-electron chi connectivity index (χ3n) is 3.13. The first-order valence-corrected chi connectivity index (χ1v) is 5.83. The highest BCUT2D eigenvalue weighted by Gasteiger charge is 2.27. The van der Waals surface area contributed by atoms with Crippen LogP contribution >= 0.6 is 0 Å². The second kappa shape index (κ2) is 6.45. The quantitative estimate of drug-likeness (QED) is 0.690. The van der Waals surface area contributed by atoms with Crippen molar-refractivity contribution in [1.82, 2.24) is 5.32 Å². The van der Waals surface area contributed by atoms with Gasteiger partial charge in [-0.05, 0) is 25.8 Å². The van der Waals surface area contributed by atoms with Crippen LogP contribution in [0.1, 0.15) is 32.1 Å². The minimum atomic E-state index is -4.21. The van der Waals surface area contributed by atoms with Crippen molar-refractivity contribution in [3.05, 3.63) is 0 Å². The van der Waals surface area contributed by atoms with Crippen LogP contribution in [0.2, 0.25) is 0 Å². The van der Waals surface area contributed by atoms with E-state index in [2.05, 4.69) is 10.1 Å². The number of nitrogens with one attached hydrogen (secondary N) is 1. The van der Waals surface area contributed by atoms with Crippen molar-refractivity contribution >= 4 is 0 Å². The smallest absolute Gasteiger partial charge is 0.372 e. The summed E-state index contributed by atoms with van der Waals surface area (Å²) in [6, 6.07) is 0.290. The van der Waals surface area contributed by atoms with Crippen LogP contribution in [0.3, 0.4) is 0 Å². The molecule has 0 aromatic rings. The zero-order chi connectivity index (χ0) is 12.0. The van der Waals surface area contributed by atoms with Crippen molar-refractivity contribution in [1.29, 1.82) is 0 Å². The van der Waals surface area contributed by atoms with Crippen LogP contribution in [-0.2, 0) is 4.74 Å². The van der Waals surface area contributed by atoms with Gasteiger partial charge in [-0.1, -0.05) is 19.3 Å². The second-order valence-electron chi connectivity index (χ2n) is 4.47. The fraction of sp³-hybridized carbons (Fsp3) is 1.00. The van der Waals surface area contributed by atoms with Gasteiger partial charge in [-0.25, -0.2) is 0 Å². The lowest BCUT2D eigenvalue weighted by atomic mass is 9.80. The molecule has 0 spiro atoms. The van der Waals surface area contributed by atoms with Gasteiger partial charge in [0, 0.05) is 12.6 Å². The zero-order valence-electron chi connectivity index (χ0n) is 9.65. The number of halogens is 3. The Labute approximate surface area is 94.5 Å². The molecule has 1 unspecified atom stereocenters. The highest BCUT2D eigenvalue weighted by atomic mass is 19.4. The standard InChI is InChI=1S/C11H20F3NO/c1-15-10(7-9-3-2-4-9)5-6-16-8-11(12,13)14/h9-10,15H,2-8H2,1H3. The van der Waals surface area contributed by atoms with E-state index in [0.717, 1.165) is 12.3 Å². The van der Waals surface area contributed by atoms with Crippen LogP contribution in [0.5, 0.6) is 0 Å². The Kier molecular flexibility index (Phi) is 5.55. The SMILES string of the molecule is CNC(CCOCC(F)(F)F)CC1CCC1. The third kappa shape index (κ3) is 5.70. The molecule has 96 valence electrons. The van der Waals surface area contributed by atoms with Crippen molar-refractivity contribution in [2.75, 3.05) is 20.3 Å². The normalized spacial score (nSPS) is 19.5. The fourth-order valence-corrected chi connectivity index (χ4v) is 1.92. The van der Waals surface area contributed by atoms with E-state index < -0.39 is 12.8 Å². The first kappa shape index (κ1) is 13.8. The average molecular weight is 239 g/mol. The van der Waals surface area contributed by atoms with E-state index in [4.69, 9.17) is 0 Å². The molecule has 0 aromatic carbocycles. The Morgan fingerprint density at radius 1 is 1.38 bits per heavy atom.